The summed E-state index contributed by atoms with van der Waals surface area (Å²) in [6.07, 6.45) is 3.64. The molecule has 0 saturated carbocycles. The van der Waals surface area contributed by atoms with E-state index in [9.17, 15) is 4.79 Å². The molecule has 0 aromatic heterocycles. The fourth-order valence-corrected chi connectivity index (χ4v) is 2.92. The van der Waals surface area contributed by atoms with Crippen LogP contribution in [0.15, 0.2) is 0 Å². The molecule has 0 radical (unpaired) electrons. The van der Waals surface area contributed by atoms with Crippen LogP contribution in [-0.4, -0.2) is 48.2 Å². The molecular formula is C15H30N2O2. The summed E-state index contributed by atoms with van der Waals surface area (Å²) in [5.41, 5.74) is 0. The number of hydrogen-bond donors (Lipinski definition) is 2. The van der Waals surface area contributed by atoms with Crippen LogP contribution in [0.3, 0.4) is 0 Å². The third-order valence-corrected chi connectivity index (χ3v) is 3.77. The zero-order chi connectivity index (χ0) is 14.3. The molecule has 1 heterocycles. The Bertz CT molecular complexity index is 269. The number of rotatable bonds is 8. The van der Waals surface area contributed by atoms with E-state index in [4.69, 9.17) is 5.11 Å². The molecule has 0 aromatic carbocycles. The SMILES string of the molecule is CCCN1CC(CC(=O)O)CC(NCCC(C)C)C1. The maximum absolute atomic E-state index is 10.9. The quantitative estimate of drug-likeness (QED) is 0.710. The van der Waals surface area contributed by atoms with E-state index in [0.29, 0.717) is 18.4 Å². The topological polar surface area (TPSA) is 52.6 Å². The average molecular weight is 270 g/mol. The van der Waals surface area contributed by atoms with Gasteiger partial charge < -0.3 is 15.3 Å². The Hall–Kier alpha value is -0.610. The number of carboxylic acid groups (broad SMARTS) is 1. The van der Waals surface area contributed by atoms with Gasteiger partial charge in [-0.25, -0.2) is 0 Å². The van der Waals surface area contributed by atoms with Gasteiger partial charge in [0.25, 0.3) is 0 Å². The fourth-order valence-electron chi connectivity index (χ4n) is 2.92. The Balaban J connectivity index is 2.42. The van der Waals surface area contributed by atoms with Gasteiger partial charge in [-0.2, -0.15) is 0 Å². The van der Waals surface area contributed by atoms with Crippen LogP contribution in [0.2, 0.25) is 0 Å². The van der Waals surface area contributed by atoms with Crippen LogP contribution in [0.5, 0.6) is 0 Å². The summed E-state index contributed by atoms with van der Waals surface area (Å²) in [6, 6.07) is 0.461. The minimum atomic E-state index is -0.663. The second-order valence-corrected chi connectivity index (χ2v) is 6.29. The van der Waals surface area contributed by atoms with Crippen molar-refractivity contribution in [2.45, 2.75) is 52.5 Å². The molecule has 0 spiro atoms. The monoisotopic (exact) mass is 270 g/mol. The van der Waals surface area contributed by atoms with Gasteiger partial charge in [0.15, 0.2) is 0 Å². The van der Waals surface area contributed by atoms with E-state index < -0.39 is 5.97 Å². The van der Waals surface area contributed by atoms with Crippen LogP contribution in [0.4, 0.5) is 0 Å². The number of carboxylic acids is 1. The highest BCUT2D eigenvalue weighted by Crippen LogP contribution is 2.20. The van der Waals surface area contributed by atoms with Gasteiger partial charge in [-0.05, 0) is 44.2 Å². The summed E-state index contributed by atoms with van der Waals surface area (Å²) in [5.74, 6) is 0.358. The molecule has 2 atom stereocenters. The highest BCUT2D eigenvalue weighted by Gasteiger charge is 2.27. The van der Waals surface area contributed by atoms with E-state index in [0.717, 1.165) is 44.9 Å². The maximum Gasteiger partial charge on any atom is 0.303 e. The van der Waals surface area contributed by atoms with Gasteiger partial charge in [0.2, 0.25) is 0 Å². The third-order valence-electron chi connectivity index (χ3n) is 3.77. The molecule has 0 aromatic rings. The molecule has 1 aliphatic heterocycles. The Morgan fingerprint density at radius 1 is 1.42 bits per heavy atom. The molecule has 1 rings (SSSR count). The van der Waals surface area contributed by atoms with Gasteiger partial charge in [-0.1, -0.05) is 20.8 Å². The first kappa shape index (κ1) is 16.4. The molecule has 112 valence electrons. The molecule has 0 bridgehead atoms. The zero-order valence-electron chi connectivity index (χ0n) is 12.7. The van der Waals surface area contributed by atoms with Gasteiger partial charge in [0, 0.05) is 25.6 Å². The van der Waals surface area contributed by atoms with Crippen molar-refractivity contribution in [1.29, 1.82) is 0 Å². The normalized spacial score (nSPS) is 24.8. The number of nitrogens with zero attached hydrogens (tertiary/aromatic N) is 1. The second kappa shape index (κ2) is 8.54. The minimum Gasteiger partial charge on any atom is -0.481 e. The number of likely N-dealkylation sites (tertiary alicyclic amines) is 1. The molecule has 2 N–H and O–H groups in total. The predicted molar refractivity (Wildman–Crippen MR) is 78.3 cm³/mol. The van der Waals surface area contributed by atoms with Crippen LogP contribution < -0.4 is 5.32 Å². The predicted octanol–water partition coefficient (Wildman–Crippen LogP) is 2.20. The van der Waals surface area contributed by atoms with Crippen molar-refractivity contribution in [3.05, 3.63) is 0 Å². The highest BCUT2D eigenvalue weighted by molar-refractivity contribution is 5.67. The first-order valence-electron chi connectivity index (χ1n) is 7.68. The molecule has 19 heavy (non-hydrogen) atoms. The summed E-state index contributed by atoms with van der Waals surface area (Å²) < 4.78 is 0. The van der Waals surface area contributed by atoms with Crippen LogP contribution in [0.25, 0.3) is 0 Å². The van der Waals surface area contributed by atoms with E-state index in [1.54, 1.807) is 0 Å². The van der Waals surface area contributed by atoms with Crippen molar-refractivity contribution >= 4 is 5.97 Å². The molecule has 0 aliphatic carbocycles. The maximum atomic E-state index is 10.9. The Labute approximate surface area is 117 Å². The number of carbonyl (C=O) groups is 1. The molecule has 4 nitrogen and oxygen atoms in total. The Morgan fingerprint density at radius 2 is 2.16 bits per heavy atom. The first-order chi connectivity index (χ1) is 9.01. The van der Waals surface area contributed by atoms with Crippen molar-refractivity contribution in [3.63, 3.8) is 0 Å². The number of aliphatic carboxylic acids is 1. The van der Waals surface area contributed by atoms with E-state index in [1.165, 1.54) is 6.42 Å². The van der Waals surface area contributed by atoms with Crippen LogP contribution in [0.1, 0.15) is 46.5 Å². The van der Waals surface area contributed by atoms with E-state index in [2.05, 4.69) is 31.0 Å². The van der Waals surface area contributed by atoms with Crippen molar-refractivity contribution in [1.82, 2.24) is 10.2 Å². The average Bonchev–Trinajstić information content (AvgIpc) is 2.27. The van der Waals surface area contributed by atoms with Gasteiger partial charge in [0.05, 0.1) is 0 Å². The van der Waals surface area contributed by atoms with Gasteiger partial charge in [-0.3, -0.25) is 4.79 Å². The number of hydrogen-bond acceptors (Lipinski definition) is 3. The van der Waals surface area contributed by atoms with Crippen LogP contribution in [0, 0.1) is 11.8 Å². The van der Waals surface area contributed by atoms with Crippen molar-refractivity contribution in [3.8, 4) is 0 Å². The van der Waals surface area contributed by atoms with Crippen LogP contribution in [-0.2, 0) is 4.79 Å². The minimum absolute atomic E-state index is 0.300. The molecule has 2 unspecified atom stereocenters. The van der Waals surface area contributed by atoms with E-state index >= 15 is 0 Å². The largest absolute Gasteiger partial charge is 0.481 e. The summed E-state index contributed by atoms with van der Waals surface area (Å²) in [7, 11) is 0. The highest BCUT2D eigenvalue weighted by atomic mass is 16.4. The molecular weight excluding hydrogens is 240 g/mol. The number of nitrogens with one attached hydrogen (secondary N) is 1. The molecule has 1 fully saturated rings. The fraction of sp³-hybridized carbons (Fsp3) is 0.933. The standard InChI is InChI=1S/C15H30N2O2/c1-4-7-17-10-13(9-15(18)19)8-14(11-17)16-6-5-12(2)3/h12-14,16H,4-11H2,1-3H3,(H,18,19). The van der Waals surface area contributed by atoms with Crippen LogP contribution >= 0.6 is 0 Å². The zero-order valence-corrected chi connectivity index (χ0v) is 12.7. The summed E-state index contributed by atoms with van der Waals surface area (Å²) in [4.78, 5) is 13.3. The molecule has 0 amide bonds. The van der Waals surface area contributed by atoms with Gasteiger partial charge in [-0.15, -0.1) is 0 Å². The van der Waals surface area contributed by atoms with E-state index in [-0.39, 0.29) is 0 Å². The smallest absolute Gasteiger partial charge is 0.303 e. The van der Waals surface area contributed by atoms with Crippen molar-refractivity contribution in [2.75, 3.05) is 26.2 Å². The third kappa shape index (κ3) is 6.92. The van der Waals surface area contributed by atoms with E-state index in [1.807, 2.05) is 0 Å². The Morgan fingerprint density at radius 3 is 2.74 bits per heavy atom. The molecule has 1 saturated heterocycles. The van der Waals surface area contributed by atoms with Gasteiger partial charge >= 0.3 is 5.97 Å². The summed E-state index contributed by atoms with van der Waals surface area (Å²) in [6.45, 7) is 10.8. The van der Waals surface area contributed by atoms with Gasteiger partial charge in [0.1, 0.15) is 0 Å². The first-order valence-corrected chi connectivity index (χ1v) is 7.68. The molecule has 4 heteroatoms. The number of piperidine rings is 1. The van der Waals surface area contributed by atoms with Crippen molar-refractivity contribution < 1.29 is 9.90 Å². The van der Waals surface area contributed by atoms with Crippen molar-refractivity contribution in [2.24, 2.45) is 11.8 Å². The lowest BCUT2D eigenvalue weighted by Crippen LogP contribution is -2.50. The Kier molecular flexibility index (Phi) is 7.39. The molecule has 1 aliphatic rings. The lowest BCUT2D eigenvalue weighted by molar-refractivity contribution is -0.138. The second-order valence-electron chi connectivity index (χ2n) is 6.29. The summed E-state index contributed by atoms with van der Waals surface area (Å²) >= 11 is 0. The lowest BCUT2D eigenvalue weighted by atomic mass is 9.91. The lowest BCUT2D eigenvalue weighted by Gasteiger charge is -2.37. The summed E-state index contributed by atoms with van der Waals surface area (Å²) in [5, 5.41) is 12.6.